The number of nitrogens with zero attached hydrogens (tertiary/aromatic N) is 1. The van der Waals surface area contributed by atoms with Crippen LogP contribution in [0.25, 0.3) is 6.08 Å². The normalized spacial score (nSPS) is 10.8. The van der Waals surface area contributed by atoms with Crippen LogP contribution in [0, 0.1) is 21.8 Å². The summed E-state index contributed by atoms with van der Waals surface area (Å²) in [4.78, 5) is 23.6. The fourth-order valence-electron chi connectivity index (χ4n) is 3.09. The Morgan fingerprint density at radius 3 is 2.47 bits per heavy atom. The summed E-state index contributed by atoms with van der Waals surface area (Å²) in [7, 11) is 1.53. The van der Waals surface area contributed by atoms with Crippen molar-refractivity contribution in [3.05, 3.63) is 92.1 Å². The van der Waals surface area contributed by atoms with Gasteiger partial charge in [0.05, 0.1) is 16.2 Å². The van der Waals surface area contributed by atoms with Gasteiger partial charge in [0.25, 0.3) is 5.91 Å². The SMILES string of the molecule is COc1cc(C=C(C#N)C(=O)Nc2ccc(C(=O)O)cc2)cc(I)c1OCc1ccccc1C. The zero-order chi connectivity index (χ0) is 24.7. The molecule has 0 bridgehead atoms. The average Bonchev–Trinajstić information content (AvgIpc) is 2.82. The molecule has 3 aromatic rings. The molecule has 3 aromatic carbocycles. The maximum Gasteiger partial charge on any atom is 0.335 e. The summed E-state index contributed by atoms with van der Waals surface area (Å²) in [5.74, 6) is -0.622. The fourth-order valence-corrected chi connectivity index (χ4v) is 3.88. The number of carbonyl (C=O) groups excluding carboxylic acids is 1. The third-order valence-electron chi connectivity index (χ3n) is 4.95. The van der Waals surface area contributed by atoms with Gasteiger partial charge in [0, 0.05) is 5.69 Å². The second-order valence-corrected chi connectivity index (χ2v) is 8.42. The number of benzene rings is 3. The minimum atomic E-state index is -1.06. The molecule has 34 heavy (non-hydrogen) atoms. The molecule has 0 atom stereocenters. The number of hydrogen-bond acceptors (Lipinski definition) is 5. The highest BCUT2D eigenvalue weighted by atomic mass is 127. The van der Waals surface area contributed by atoms with Gasteiger partial charge in [-0.05, 0) is 88.7 Å². The quantitative estimate of drug-likeness (QED) is 0.213. The average molecular weight is 568 g/mol. The zero-order valence-electron chi connectivity index (χ0n) is 18.5. The van der Waals surface area contributed by atoms with Crippen LogP contribution in [0.3, 0.4) is 0 Å². The maximum absolute atomic E-state index is 12.6. The van der Waals surface area contributed by atoms with Crippen molar-refractivity contribution in [1.82, 2.24) is 0 Å². The number of hydrogen-bond donors (Lipinski definition) is 2. The van der Waals surface area contributed by atoms with Crippen molar-refractivity contribution < 1.29 is 24.2 Å². The number of rotatable bonds is 8. The van der Waals surface area contributed by atoms with Crippen LogP contribution in [0.2, 0.25) is 0 Å². The number of methoxy groups -OCH3 is 1. The molecular weight excluding hydrogens is 547 g/mol. The van der Waals surface area contributed by atoms with E-state index in [2.05, 4.69) is 27.9 Å². The molecule has 0 saturated carbocycles. The van der Waals surface area contributed by atoms with E-state index in [1.54, 1.807) is 12.1 Å². The second kappa shape index (κ2) is 11.3. The van der Waals surface area contributed by atoms with Gasteiger partial charge in [0.15, 0.2) is 11.5 Å². The molecule has 2 N–H and O–H groups in total. The number of anilines is 1. The Balaban J connectivity index is 1.80. The number of nitrogens with one attached hydrogen (secondary N) is 1. The maximum atomic E-state index is 12.6. The first-order valence-electron chi connectivity index (χ1n) is 10.1. The van der Waals surface area contributed by atoms with Crippen LogP contribution < -0.4 is 14.8 Å². The summed E-state index contributed by atoms with van der Waals surface area (Å²) < 4.78 is 12.3. The number of carbonyl (C=O) groups is 2. The van der Waals surface area contributed by atoms with Crippen molar-refractivity contribution in [1.29, 1.82) is 5.26 Å². The van der Waals surface area contributed by atoms with E-state index in [-0.39, 0.29) is 11.1 Å². The number of nitriles is 1. The van der Waals surface area contributed by atoms with Crippen LogP contribution in [0.1, 0.15) is 27.0 Å². The first kappa shape index (κ1) is 24.8. The van der Waals surface area contributed by atoms with E-state index in [1.807, 2.05) is 37.3 Å². The summed E-state index contributed by atoms with van der Waals surface area (Å²) in [6.45, 7) is 2.39. The van der Waals surface area contributed by atoms with E-state index in [9.17, 15) is 14.9 Å². The molecule has 0 aliphatic heterocycles. The van der Waals surface area contributed by atoms with Gasteiger partial charge in [-0.1, -0.05) is 24.3 Å². The Morgan fingerprint density at radius 2 is 1.85 bits per heavy atom. The Labute approximate surface area is 210 Å². The van der Waals surface area contributed by atoms with Gasteiger partial charge in [0.2, 0.25) is 0 Å². The molecule has 1 amide bonds. The van der Waals surface area contributed by atoms with Crippen LogP contribution in [0.15, 0.2) is 66.2 Å². The van der Waals surface area contributed by atoms with E-state index in [0.29, 0.717) is 29.4 Å². The molecule has 0 radical (unpaired) electrons. The molecule has 0 aliphatic rings. The lowest BCUT2D eigenvalue weighted by molar-refractivity contribution is -0.112. The van der Waals surface area contributed by atoms with Gasteiger partial charge < -0.3 is 19.9 Å². The number of amides is 1. The first-order chi connectivity index (χ1) is 16.3. The molecular formula is C26H21IN2O5. The Hall–Kier alpha value is -3.84. The molecule has 0 aliphatic carbocycles. The fraction of sp³-hybridized carbons (Fsp3) is 0.115. The van der Waals surface area contributed by atoms with Gasteiger partial charge in [-0.3, -0.25) is 4.79 Å². The number of carboxylic acids is 1. The zero-order valence-corrected chi connectivity index (χ0v) is 20.6. The highest BCUT2D eigenvalue weighted by molar-refractivity contribution is 14.1. The third kappa shape index (κ3) is 6.14. The molecule has 172 valence electrons. The Bertz CT molecular complexity index is 1290. The number of carboxylic acid groups (broad SMARTS) is 1. The van der Waals surface area contributed by atoms with Crippen LogP contribution in [0.4, 0.5) is 5.69 Å². The highest BCUT2D eigenvalue weighted by Gasteiger charge is 2.15. The lowest BCUT2D eigenvalue weighted by atomic mass is 10.1. The van der Waals surface area contributed by atoms with E-state index in [1.165, 1.54) is 37.5 Å². The number of aryl methyl sites for hydroxylation is 1. The van der Waals surface area contributed by atoms with E-state index < -0.39 is 11.9 Å². The van der Waals surface area contributed by atoms with Gasteiger partial charge in [-0.15, -0.1) is 0 Å². The topological polar surface area (TPSA) is 109 Å². The number of aromatic carboxylic acids is 1. The van der Waals surface area contributed by atoms with Crippen LogP contribution in [-0.4, -0.2) is 24.1 Å². The molecule has 0 spiro atoms. The van der Waals surface area contributed by atoms with Crippen molar-refractivity contribution >= 4 is 46.2 Å². The lowest BCUT2D eigenvalue weighted by Gasteiger charge is -2.15. The molecule has 7 nitrogen and oxygen atoms in total. The standard InChI is InChI=1S/C26H21IN2O5/c1-16-5-3-4-6-19(16)15-34-24-22(27)12-17(13-23(24)33-2)11-20(14-28)25(30)29-21-9-7-18(8-10-21)26(31)32/h3-13H,15H2,1-2H3,(H,29,30)(H,31,32). The molecule has 0 fully saturated rings. The van der Waals surface area contributed by atoms with Crippen molar-refractivity contribution in [3.63, 3.8) is 0 Å². The van der Waals surface area contributed by atoms with Crippen LogP contribution in [-0.2, 0) is 11.4 Å². The predicted octanol–water partition coefficient (Wildman–Crippen LogP) is 5.43. The Morgan fingerprint density at radius 1 is 1.15 bits per heavy atom. The van der Waals surface area contributed by atoms with Crippen molar-refractivity contribution in [3.8, 4) is 17.6 Å². The lowest BCUT2D eigenvalue weighted by Crippen LogP contribution is -2.13. The molecule has 0 heterocycles. The molecule has 0 saturated heterocycles. The first-order valence-corrected chi connectivity index (χ1v) is 11.2. The van der Waals surface area contributed by atoms with Crippen molar-refractivity contribution in [2.45, 2.75) is 13.5 Å². The van der Waals surface area contributed by atoms with E-state index >= 15 is 0 Å². The van der Waals surface area contributed by atoms with Gasteiger partial charge >= 0.3 is 5.97 Å². The number of ether oxygens (including phenoxy) is 2. The Kier molecular flexibility index (Phi) is 8.27. The predicted molar refractivity (Wildman–Crippen MR) is 137 cm³/mol. The minimum absolute atomic E-state index is 0.0976. The molecule has 0 aromatic heterocycles. The smallest absolute Gasteiger partial charge is 0.335 e. The largest absolute Gasteiger partial charge is 0.493 e. The molecule has 8 heteroatoms. The van der Waals surface area contributed by atoms with Gasteiger partial charge in [-0.2, -0.15) is 5.26 Å². The van der Waals surface area contributed by atoms with E-state index in [0.717, 1.165) is 14.7 Å². The highest BCUT2D eigenvalue weighted by Crippen LogP contribution is 2.35. The van der Waals surface area contributed by atoms with Crippen molar-refractivity contribution in [2.75, 3.05) is 12.4 Å². The number of halogens is 1. The molecule has 3 rings (SSSR count). The van der Waals surface area contributed by atoms with Gasteiger partial charge in [-0.25, -0.2) is 4.79 Å². The van der Waals surface area contributed by atoms with Crippen LogP contribution >= 0.6 is 22.6 Å². The third-order valence-corrected chi connectivity index (χ3v) is 5.75. The van der Waals surface area contributed by atoms with E-state index in [4.69, 9.17) is 14.6 Å². The van der Waals surface area contributed by atoms with Crippen LogP contribution in [0.5, 0.6) is 11.5 Å². The summed E-state index contributed by atoms with van der Waals surface area (Å²) in [5.41, 5.74) is 3.14. The summed E-state index contributed by atoms with van der Waals surface area (Å²) in [6, 6.07) is 19.0. The summed E-state index contributed by atoms with van der Waals surface area (Å²) in [5, 5.41) is 21.1. The summed E-state index contributed by atoms with van der Waals surface area (Å²) >= 11 is 2.12. The minimum Gasteiger partial charge on any atom is -0.493 e. The molecule has 0 unspecified atom stereocenters. The van der Waals surface area contributed by atoms with Gasteiger partial charge in [0.1, 0.15) is 18.2 Å². The monoisotopic (exact) mass is 568 g/mol. The summed E-state index contributed by atoms with van der Waals surface area (Å²) in [6.07, 6.45) is 1.46. The van der Waals surface area contributed by atoms with Crippen molar-refractivity contribution in [2.24, 2.45) is 0 Å². The second-order valence-electron chi connectivity index (χ2n) is 7.26.